The first-order chi connectivity index (χ1) is 8.58. The van der Waals surface area contributed by atoms with Gasteiger partial charge in [-0.3, -0.25) is 15.2 Å². The molecule has 0 aliphatic heterocycles. The van der Waals surface area contributed by atoms with Crippen molar-refractivity contribution >= 4 is 11.4 Å². The molecule has 0 spiro atoms. The van der Waals surface area contributed by atoms with Gasteiger partial charge in [-0.2, -0.15) is 5.10 Å². The average Bonchev–Trinajstić information content (AvgIpc) is 2.85. The Balaban J connectivity index is 2.23. The molecule has 1 aromatic heterocycles. The van der Waals surface area contributed by atoms with Crippen molar-refractivity contribution in [3.63, 3.8) is 0 Å². The highest BCUT2D eigenvalue weighted by molar-refractivity contribution is 5.53. The second-order valence-corrected chi connectivity index (χ2v) is 3.80. The van der Waals surface area contributed by atoms with Crippen molar-refractivity contribution in [1.29, 1.82) is 0 Å². The van der Waals surface area contributed by atoms with Crippen LogP contribution >= 0.6 is 0 Å². The zero-order chi connectivity index (χ0) is 13.1. The van der Waals surface area contributed by atoms with Gasteiger partial charge in [0.05, 0.1) is 22.3 Å². The van der Waals surface area contributed by atoms with E-state index in [0.29, 0.717) is 0 Å². The number of hydrogen-bond acceptors (Lipinski definition) is 4. The Kier molecular flexibility index (Phi) is 3.22. The third kappa shape index (κ3) is 2.45. The minimum Gasteiger partial charge on any atom is -0.374 e. The number of nitro groups is 1. The number of hydrogen-bond donors (Lipinski definition) is 2. The summed E-state index contributed by atoms with van der Waals surface area (Å²) < 4.78 is 13.5. The van der Waals surface area contributed by atoms with E-state index in [1.54, 1.807) is 19.2 Å². The molecule has 0 amide bonds. The number of nitrogens with one attached hydrogen (secondary N) is 2. The van der Waals surface area contributed by atoms with Crippen LogP contribution in [0.5, 0.6) is 0 Å². The zero-order valence-corrected chi connectivity index (χ0v) is 9.55. The molecule has 94 valence electrons. The summed E-state index contributed by atoms with van der Waals surface area (Å²) in [5, 5.41) is 20.0. The molecule has 0 radical (unpaired) electrons. The van der Waals surface area contributed by atoms with Crippen LogP contribution < -0.4 is 5.32 Å². The first kappa shape index (κ1) is 12.0. The van der Waals surface area contributed by atoms with E-state index in [0.717, 1.165) is 17.8 Å². The van der Waals surface area contributed by atoms with Gasteiger partial charge in [-0.05, 0) is 19.1 Å². The Hall–Kier alpha value is -2.44. The number of anilines is 1. The molecule has 0 saturated heterocycles. The number of nitrogens with zero attached hydrogens (tertiary/aromatic N) is 2. The molecule has 1 unspecified atom stereocenters. The summed E-state index contributed by atoms with van der Waals surface area (Å²) in [5.41, 5.74) is 0.697. The van der Waals surface area contributed by atoms with E-state index >= 15 is 0 Å². The summed E-state index contributed by atoms with van der Waals surface area (Å²) in [7, 11) is 0. The summed E-state index contributed by atoms with van der Waals surface area (Å²) in [4.78, 5) is 10.1. The van der Waals surface area contributed by atoms with Gasteiger partial charge in [-0.1, -0.05) is 0 Å². The maximum Gasteiger partial charge on any atom is 0.271 e. The lowest BCUT2D eigenvalue weighted by atomic mass is 10.2. The third-order valence-electron chi connectivity index (χ3n) is 2.52. The quantitative estimate of drug-likeness (QED) is 0.645. The van der Waals surface area contributed by atoms with E-state index in [9.17, 15) is 14.5 Å². The number of aromatic amines is 1. The predicted molar refractivity (Wildman–Crippen MR) is 63.7 cm³/mol. The van der Waals surface area contributed by atoms with Gasteiger partial charge in [0.2, 0.25) is 0 Å². The number of nitro benzene ring substituents is 1. The molecule has 0 aliphatic carbocycles. The molecule has 0 fully saturated rings. The SMILES string of the molecule is CC(Nc1cc([N+](=O)[O-])ccc1F)c1ccn[nH]1. The molecule has 7 heteroatoms. The van der Waals surface area contributed by atoms with Crippen molar-refractivity contribution in [1.82, 2.24) is 10.2 Å². The molecular weight excluding hydrogens is 239 g/mol. The molecule has 6 nitrogen and oxygen atoms in total. The van der Waals surface area contributed by atoms with Crippen molar-refractivity contribution in [3.8, 4) is 0 Å². The van der Waals surface area contributed by atoms with Crippen molar-refractivity contribution in [2.45, 2.75) is 13.0 Å². The standard InChI is InChI=1S/C11H11FN4O2/c1-7(10-4-5-13-15-10)14-11-6-8(16(17)18)2-3-9(11)12/h2-7,14H,1H3,(H,13,15). The highest BCUT2D eigenvalue weighted by Gasteiger charge is 2.13. The summed E-state index contributed by atoms with van der Waals surface area (Å²) in [5.74, 6) is -0.535. The number of rotatable bonds is 4. The summed E-state index contributed by atoms with van der Waals surface area (Å²) >= 11 is 0. The lowest BCUT2D eigenvalue weighted by Crippen LogP contribution is -2.08. The van der Waals surface area contributed by atoms with Crippen LogP contribution in [-0.2, 0) is 0 Å². The van der Waals surface area contributed by atoms with Crippen LogP contribution in [-0.4, -0.2) is 15.1 Å². The fourth-order valence-electron chi connectivity index (χ4n) is 1.56. The fourth-order valence-corrected chi connectivity index (χ4v) is 1.56. The van der Waals surface area contributed by atoms with Gasteiger partial charge in [0.1, 0.15) is 5.82 Å². The number of halogens is 1. The van der Waals surface area contributed by atoms with Gasteiger partial charge in [-0.25, -0.2) is 4.39 Å². The van der Waals surface area contributed by atoms with Crippen LogP contribution in [0.2, 0.25) is 0 Å². The van der Waals surface area contributed by atoms with Gasteiger partial charge in [0.15, 0.2) is 0 Å². The molecule has 1 heterocycles. The second-order valence-electron chi connectivity index (χ2n) is 3.80. The summed E-state index contributed by atoms with van der Waals surface area (Å²) in [6.45, 7) is 1.80. The van der Waals surface area contributed by atoms with E-state index in [1.165, 1.54) is 6.07 Å². The molecule has 18 heavy (non-hydrogen) atoms. The lowest BCUT2D eigenvalue weighted by Gasteiger charge is -2.13. The maximum atomic E-state index is 13.5. The number of benzene rings is 1. The van der Waals surface area contributed by atoms with Crippen molar-refractivity contribution in [2.75, 3.05) is 5.32 Å². The molecule has 0 bridgehead atoms. The zero-order valence-electron chi connectivity index (χ0n) is 9.55. The van der Waals surface area contributed by atoms with Crippen LogP contribution in [0.3, 0.4) is 0 Å². The molecule has 1 aromatic carbocycles. The van der Waals surface area contributed by atoms with Gasteiger partial charge in [-0.15, -0.1) is 0 Å². The van der Waals surface area contributed by atoms with Crippen molar-refractivity contribution < 1.29 is 9.31 Å². The van der Waals surface area contributed by atoms with Gasteiger partial charge < -0.3 is 5.32 Å². The maximum absolute atomic E-state index is 13.5. The normalized spacial score (nSPS) is 12.1. The second kappa shape index (κ2) is 4.82. The highest BCUT2D eigenvalue weighted by atomic mass is 19.1. The molecule has 0 saturated carbocycles. The van der Waals surface area contributed by atoms with Gasteiger partial charge in [0, 0.05) is 18.3 Å². The van der Waals surface area contributed by atoms with Crippen LogP contribution in [0.25, 0.3) is 0 Å². The molecule has 0 aliphatic rings. The van der Waals surface area contributed by atoms with Gasteiger partial charge in [0.25, 0.3) is 5.69 Å². The Bertz CT molecular complexity index is 556. The lowest BCUT2D eigenvalue weighted by molar-refractivity contribution is -0.384. The van der Waals surface area contributed by atoms with E-state index in [-0.39, 0.29) is 17.4 Å². The Morgan fingerprint density at radius 1 is 1.50 bits per heavy atom. The van der Waals surface area contributed by atoms with E-state index in [1.807, 2.05) is 0 Å². The van der Waals surface area contributed by atoms with Crippen molar-refractivity contribution in [2.24, 2.45) is 0 Å². The summed E-state index contributed by atoms with van der Waals surface area (Å²) in [6, 6.07) is 4.88. The molecule has 1 atom stereocenters. The largest absolute Gasteiger partial charge is 0.374 e. The molecular formula is C11H11FN4O2. The minimum absolute atomic E-state index is 0.0892. The Morgan fingerprint density at radius 2 is 2.28 bits per heavy atom. The van der Waals surface area contributed by atoms with E-state index in [2.05, 4.69) is 15.5 Å². The smallest absolute Gasteiger partial charge is 0.271 e. The van der Waals surface area contributed by atoms with E-state index in [4.69, 9.17) is 0 Å². The van der Waals surface area contributed by atoms with Crippen LogP contribution in [0.1, 0.15) is 18.7 Å². The first-order valence-corrected chi connectivity index (χ1v) is 5.27. The third-order valence-corrected chi connectivity index (χ3v) is 2.52. The van der Waals surface area contributed by atoms with Crippen molar-refractivity contribution in [3.05, 3.63) is 52.1 Å². The average molecular weight is 250 g/mol. The van der Waals surface area contributed by atoms with Crippen LogP contribution in [0.15, 0.2) is 30.5 Å². The van der Waals surface area contributed by atoms with Gasteiger partial charge >= 0.3 is 0 Å². The summed E-state index contributed by atoms with van der Waals surface area (Å²) in [6.07, 6.45) is 1.58. The van der Waals surface area contributed by atoms with Crippen LogP contribution in [0.4, 0.5) is 15.8 Å². The number of aromatic nitrogens is 2. The Morgan fingerprint density at radius 3 is 2.89 bits per heavy atom. The minimum atomic E-state index is -0.564. The monoisotopic (exact) mass is 250 g/mol. The number of non-ortho nitro benzene ring substituents is 1. The van der Waals surface area contributed by atoms with E-state index < -0.39 is 10.7 Å². The topological polar surface area (TPSA) is 83.8 Å². The predicted octanol–water partition coefficient (Wildman–Crippen LogP) is 2.63. The fraction of sp³-hybridized carbons (Fsp3) is 0.182. The number of H-pyrrole nitrogens is 1. The first-order valence-electron chi connectivity index (χ1n) is 5.27. The molecule has 2 N–H and O–H groups in total. The highest BCUT2D eigenvalue weighted by Crippen LogP contribution is 2.24. The Labute approximate surface area is 102 Å². The molecule has 2 aromatic rings. The van der Waals surface area contributed by atoms with Crippen LogP contribution in [0, 0.1) is 15.9 Å². The molecule has 2 rings (SSSR count).